The molecule has 142 valence electrons. The summed E-state index contributed by atoms with van der Waals surface area (Å²) in [6.45, 7) is 1.93. The highest BCUT2D eigenvalue weighted by molar-refractivity contribution is 9.10. The average molecular weight is 432 g/mol. The standard InChI is InChI=1S/C21H22BrNO4/c1-21(24,25)15-7-8-16-13(9-15)5-4-6-18(16)23-12-14-10-19(26-2)20(27-3)11-17(14)22/h4-11,23-25H,12H2,1-3H3. The first-order valence-electron chi connectivity index (χ1n) is 8.45. The minimum absolute atomic E-state index is 0.454. The lowest BCUT2D eigenvalue weighted by Gasteiger charge is -2.18. The fourth-order valence-corrected chi connectivity index (χ4v) is 3.42. The van der Waals surface area contributed by atoms with Crippen molar-refractivity contribution in [3.8, 4) is 11.5 Å². The van der Waals surface area contributed by atoms with Crippen molar-refractivity contribution in [2.45, 2.75) is 19.3 Å². The van der Waals surface area contributed by atoms with Gasteiger partial charge in [-0.2, -0.15) is 0 Å². The normalized spacial score (nSPS) is 11.5. The number of anilines is 1. The summed E-state index contributed by atoms with van der Waals surface area (Å²) in [5.74, 6) is -0.519. The Bertz CT molecular complexity index is 966. The van der Waals surface area contributed by atoms with E-state index in [-0.39, 0.29) is 0 Å². The van der Waals surface area contributed by atoms with E-state index in [2.05, 4.69) is 21.2 Å². The van der Waals surface area contributed by atoms with Crippen molar-refractivity contribution < 1.29 is 19.7 Å². The molecule has 0 saturated carbocycles. The van der Waals surface area contributed by atoms with Gasteiger partial charge in [0.1, 0.15) is 0 Å². The van der Waals surface area contributed by atoms with E-state index in [0.717, 1.165) is 26.5 Å². The lowest BCUT2D eigenvalue weighted by molar-refractivity contribution is -0.152. The van der Waals surface area contributed by atoms with Crippen molar-refractivity contribution in [2.75, 3.05) is 19.5 Å². The van der Waals surface area contributed by atoms with Gasteiger partial charge in [-0.15, -0.1) is 0 Å². The largest absolute Gasteiger partial charge is 0.493 e. The van der Waals surface area contributed by atoms with E-state index < -0.39 is 5.79 Å². The Kier molecular flexibility index (Phi) is 5.60. The third-order valence-electron chi connectivity index (χ3n) is 4.45. The Hall–Kier alpha value is -2.28. The van der Waals surface area contributed by atoms with Crippen molar-refractivity contribution in [3.05, 3.63) is 64.1 Å². The van der Waals surface area contributed by atoms with Crippen LogP contribution in [0.4, 0.5) is 5.69 Å². The van der Waals surface area contributed by atoms with Gasteiger partial charge in [-0.05, 0) is 42.1 Å². The SMILES string of the molecule is COc1cc(Br)c(CNc2cccc3cc(C(C)(O)O)ccc23)cc1OC. The van der Waals surface area contributed by atoms with Crippen molar-refractivity contribution >= 4 is 32.4 Å². The molecule has 0 aliphatic heterocycles. The van der Waals surface area contributed by atoms with Gasteiger partial charge in [0, 0.05) is 27.7 Å². The number of ether oxygens (including phenoxy) is 2. The molecule has 3 aromatic rings. The number of methoxy groups -OCH3 is 2. The molecule has 0 saturated heterocycles. The van der Waals surface area contributed by atoms with Crippen LogP contribution in [0.25, 0.3) is 10.8 Å². The Labute approximate surface area is 166 Å². The van der Waals surface area contributed by atoms with Gasteiger partial charge in [0.2, 0.25) is 0 Å². The van der Waals surface area contributed by atoms with Crippen LogP contribution in [0.1, 0.15) is 18.1 Å². The molecule has 0 aliphatic carbocycles. The predicted molar refractivity (Wildman–Crippen MR) is 110 cm³/mol. The summed E-state index contributed by atoms with van der Waals surface area (Å²) in [6, 6.07) is 15.1. The molecule has 27 heavy (non-hydrogen) atoms. The van der Waals surface area contributed by atoms with E-state index >= 15 is 0 Å². The van der Waals surface area contributed by atoms with Crippen LogP contribution in [0.5, 0.6) is 11.5 Å². The number of nitrogens with one attached hydrogen (secondary N) is 1. The molecule has 0 radical (unpaired) electrons. The summed E-state index contributed by atoms with van der Waals surface area (Å²) in [6.07, 6.45) is 0. The van der Waals surface area contributed by atoms with E-state index in [9.17, 15) is 10.2 Å². The molecule has 0 spiro atoms. The number of fused-ring (bicyclic) bond motifs is 1. The zero-order chi connectivity index (χ0) is 19.6. The second-order valence-electron chi connectivity index (χ2n) is 6.41. The summed E-state index contributed by atoms with van der Waals surface area (Å²) < 4.78 is 11.6. The molecule has 0 bridgehead atoms. The molecule has 3 rings (SSSR count). The maximum Gasteiger partial charge on any atom is 0.186 e. The third kappa shape index (κ3) is 4.18. The Morgan fingerprint density at radius 1 is 1.00 bits per heavy atom. The van der Waals surface area contributed by atoms with E-state index in [1.165, 1.54) is 6.92 Å². The molecule has 0 aliphatic rings. The van der Waals surface area contributed by atoms with Crippen LogP contribution >= 0.6 is 15.9 Å². The fraction of sp³-hybridized carbons (Fsp3) is 0.238. The topological polar surface area (TPSA) is 71.0 Å². The molecule has 3 aromatic carbocycles. The highest BCUT2D eigenvalue weighted by Gasteiger charge is 2.18. The minimum atomic E-state index is -1.86. The quantitative estimate of drug-likeness (QED) is 0.504. The monoisotopic (exact) mass is 431 g/mol. The lowest BCUT2D eigenvalue weighted by atomic mass is 10.0. The van der Waals surface area contributed by atoms with Crippen molar-refractivity contribution in [1.29, 1.82) is 0 Å². The molecule has 0 fully saturated rings. The predicted octanol–water partition coefficient (Wildman–Crippen LogP) is 4.39. The van der Waals surface area contributed by atoms with E-state index in [4.69, 9.17) is 9.47 Å². The molecule has 0 aromatic heterocycles. The number of aliphatic hydroxyl groups is 2. The first kappa shape index (κ1) is 19.5. The van der Waals surface area contributed by atoms with Crippen molar-refractivity contribution in [2.24, 2.45) is 0 Å². The number of rotatable bonds is 6. The van der Waals surface area contributed by atoms with Crippen LogP contribution in [-0.2, 0) is 12.3 Å². The first-order chi connectivity index (χ1) is 12.8. The van der Waals surface area contributed by atoms with Crippen LogP contribution < -0.4 is 14.8 Å². The van der Waals surface area contributed by atoms with Gasteiger partial charge in [-0.3, -0.25) is 0 Å². The number of hydrogen-bond acceptors (Lipinski definition) is 5. The average Bonchev–Trinajstić information content (AvgIpc) is 2.65. The summed E-state index contributed by atoms with van der Waals surface area (Å²) in [5.41, 5.74) is 2.44. The molecule has 0 atom stereocenters. The van der Waals surface area contributed by atoms with Gasteiger partial charge in [0.25, 0.3) is 0 Å². The number of benzene rings is 3. The van der Waals surface area contributed by atoms with E-state index in [0.29, 0.717) is 23.6 Å². The molecule has 0 amide bonds. The second-order valence-corrected chi connectivity index (χ2v) is 7.27. The van der Waals surface area contributed by atoms with Gasteiger partial charge in [-0.1, -0.05) is 40.2 Å². The molecule has 5 nitrogen and oxygen atoms in total. The maximum atomic E-state index is 9.81. The number of halogens is 1. The van der Waals surface area contributed by atoms with Crippen LogP contribution in [0.2, 0.25) is 0 Å². The highest BCUT2D eigenvalue weighted by Crippen LogP contribution is 2.34. The zero-order valence-electron chi connectivity index (χ0n) is 15.4. The van der Waals surface area contributed by atoms with Gasteiger partial charge in [0.05, 0.1) is 14.2 Å². The van der Waals surface area contributed by atoms with Crippen molar-refractivity contribution in [3.63, 3.8) is 0 Å². The van der Waals surface area contributed by atoms with Crippen LogP contribution in [0.3, 0.4) is 0 Å². The summed E-state index contributed by atoms with van der Waals surface area (Å²) in [4.78, 5) is 0. The molecule has 6 heteroatoms. The number of hydrogen-bond donors (Lipinski definition) is 3. The van der Waals surface area contributed by atoms with Crippen LogP contribution in [-0.4, -0.2) is 24.4 Å². The highest BCUT2D eigenvalue weighted by atomic mass is 79.9. The van der Waals surface area contributed by atoms with Gasteiger partial charge >= 0.3 is 0 Å². The van der Waals surface area contributed by atoms with Gasteiger partial charge in [-0.25, -0.2) is 0 Å². The zero-order valence-corrected chi connectivity index (χ0v) is 17.0. The molecule has 3 N–H and O–H groups in total. The maximum absolute atomic E-state index is 9.81. The summed E-state index contributed by atoms with van der Waals surface area (Å²) in [7, 11) is 3.22. The molecule has 0 unspecified atom stereocenters. The van der Waals surface area contributed by atoms with Crippen LogP contribution in [0.15, 0.2) is 53.0 Å². The van der Waals surface area contributed by atoms with Crippen LogP contribution in [0, 0.1) is 0 Å². The molecule has 0 heterocycles. The second kappa shape index (κ2) is 7.76. The Morgan fingerprint density at radius 3 is 2.37 bits per heavy atom. The van der Waals surface area contributed by atoms with E-state index in [1.807, 2.05) is 36.4 Å². The third-order valence-corrected chi connectivity index (χ3v) is 5.19. The van der Waals surface area contributed by atoms with Gasteiger partial charge < -0.3 is 25.0 Å². The molecular formula is C21H22BrNO4. The Morgan fingerprint density at radius 2 is 1.70 bits per heavy atom. The smallest absolute Gasteiger partial charge is 0.186 e. The first-order valence-corrected chi connectivity index (χ1v) is 9.25. The van der Waals surface area contributed by atoms with Gasteiger partial charge in [0.15, 0.2) is 17.3 Å². The summed E-state index contributed by atoms with van der Waals surface area (Å²) in [5, 5.41) is 25.0. The van der Waals surface area contributed by atoms with E-state index in [1.54, 1.807) is 26.4 Å². The minimum Gasteiger partial charge on any atom is -0.493 e. The molecular weight excluding hydrogens is 410 g/mol. The lowest BCUT2D eigenvalue weighted by Crippen LogP contribution is -2.19. The Balaban J connectivity index is 1.89. The summed E-state index contributed by atoms with van der Waals surface area (Å²) >= 11 is 3.57. The van der Waals surface area contributed by atoms with Crippen molar-refractivity contribution in [1.82, 2.24) is 0 Å². The fourth-order valence-electron chi connectivity index (χ4n) is 2.95.